The van der Waals surface area contributed by atoms with Crippen LogP contribution >= 0.6 is 27.3 Å². The van der Waals surface area contributed by atoms with Crippen molar-refractivity contribution in [2.45, 2.75) is 38.8 Å². The molecular weight excluding hydrogens is 400 g/mol. The molecule has 2 aromatic rings. The maximum atomic E-state index is 12.6. The molecule has 1 amide bonds. The SMILES string of the molecule is CC(C)(C)OC(=O)N1Cc2sc(C#N)cc2[C@H](c2ccccc2Br)C1. The molecule has 1 aromatic heterocycles. The Kier molecular flexibility index (Phi) is 4.90. The van der Waals surface area contributed by atoms with Gasteiger partial charge in [-0.15, -0.1) is 11.3 Å². The molecule has 1 aliphatic heterocycles. The Balaban J connectivity index is 2.00. The highest BCUT2D eigenvalue weighted by molar-refractivity contribution is 9.10. The highest BCUT2D eigenvalue weighted by atomic mass is 79.9. The third-order valence-corrected chi connectivity index (χ3v) is 5.76. The van der Waals surface area contributed by atoms with Gasteiger partial charge < -0.3 is 9.64 Å². The second-order valence-corrected chi connectivity index (χ2v) is 9.03. The third-order valence-electron chi connectivity index (χ3n) is 4.00. The Morgan fingerprint density at radius 1 is 1.36 bits per heavy atom. The van der Waals surface area contributed by atoms with E-state index in [4.69, 9.17) is 4.74 Å². The minimum atomic E-state index is -0.534. The molecule has 130 valence electrons. The molecule has 1 aliphatic rings. The van der Waals surface area contributed by atoms with Gasteiger partial charge in [-0.3, -0.25) is 0 Å². The van der Waals surface area contributed by atoms with E-state index in [1.807, 2.05) is 45.0 Å². The van der Waals surface area contributed by atoms with Crippen molar-refractivity contribution in [1.29, 1.82) is 5.26 Å². The van der Waals surface area contributed by atoms with Crippen molar-refractivity contribution in [2.24, 2.45) is 0 Å². The molecular formula is C19H19BrN2O2S. The van der Waals surface area contributed by atoms with Gasteiger partial charge in [-0.1, -0.05) is 34.1 Å². The van der Waals surface area contributed by atoms with Gasteiger partial charge in [-0.2, -0.15) is 5.26 Å². The van der Waals surface area contributed by atoms with Gasteiger partial charge in [0.2, 0.25) is 0 Å². The summed E-state index contributed by atoms with van der Waals surface area (Å²) in [5.74, 6) is 0.0187. The van der Waals surface area contributed by atoms with Crippen LogP contribution in [0.3, 0.4) is 0 Å². The fourth-order valence-corrected chi connectivity index (χ4v) is 4.56. The maximum Gasteiger partial charge on any atom is 0.410 e. The minimum absolute atomic E-state index is 0.0187. The van der Waals surface area contributed by atoms with E-state index in [1.165, 1.54) is 11.3 Å². The fourth-order valence-electron chi connectivity index (χ4n) is 2.96. The number of thiophene rings is 1. The van der Waals surface area contributed by atoms with E-state index < -0.39 is 5.60 Å². The summed E-state index contributed by atoms with van der Waals surface area (Å²) in [6, 6.07) is 12.2. The normalized spacial score (nSPS) is 16.9. The summed E-state index contributed by atoms with van der Waals surface area (Å²) in [5, 5.41) is 9.27. The lowest BCUT2D eigenvalue weighted by molar-refractivity contribution is 0.0216. The average molecular weight is 419 g/mol. The number of ether oxygens (including phenoxy) is 1. The van der Waals surface area contributed by atoms with E-state index in [2.05, 4.69) is 28.1 Å². The summed E-state index contributed by atoms with van der Waals surface area (Å²) in [7, 11) is 0. The van der Waals surface area contributed by atoms with Gasteiger partial charge in [-0.05, 0) is 44.0 Å². The van der Waals surface area contributed by atoms with E-state index >= 15 is 0 Å². The van der Waals surface area contributed by atoms with Gasteiger partial charge >= 0.3 is 6.09 Å². The molecule has 1 aromatic carbocycles. The lowest BCUT2D eigenvalue weighted by atomic mass is 9.88. The molecule has 0 saturated carbocycles. The number of hydrogen-bond donors (Lipinski definition) is 0. The van der Waals surface area contributed by atoms with Crippen LogP contribution in [0.1, 0.15) is 47.6 Å². The van der Waals surface area contributed by atoms with Gasteiger partial charge in [0.05, 0.1) is 6.54 Å². The number of nitrogens with zero attached hydrogens (tertiary/aromatic N) is 2. The lowest BCUT2D eigenvalue weighted by Crippen LogP contribution is -2.41. The van der Waals surface area contributed by atoms with E-state index in [1.54, 1.807) is 4.90 Å². The number of fused-ring (bicyclic) bond motifs is 1. The van der Waals surface area contributed by atoms with Crippen molar-refractivity contribution in [1.82, 2.24) is 4.90 Å². The molecule has 25 heavy (non-hydrogen) atoms. The van der Waals surface area contributed by atoms with Crippen LogP contribution in [0.5, 0.6) is 0 Å². The molecule has 0 unspecified atom stereocenters. The highest BCUT2D eigenvalue weighted by Gasteiger charge is 2.34. The first kappa shape index (κ1) is 18.0. The monoisotopic (exact) mass is 418 g/mol. The minimum Gasteiger partial charge on any atom is -0.444 e. The molecule has 4 nitrogen and oxygen atoms in total. The van der Waals surface area contributed by atoms with Crippen molar-refractivity contribution in [3.05, 3.63) is 55.7 Å². The van der Waals surface area contributed by atoms with Crippen molar-refractivity contribution in [2.75, 3.05) is 6.54 Å². The summed E-state index contributed by atoms with van der Waals surface area (Å²) in [6.07, 6.45) is -0.317. The number of nitriles is 1. The third kappa shape index (κ3) is 3.88. The highest BCUT2D eigenvalue weighted by Crippen LogP contribution is 2.40. The first-order valence-corrected chi connectivity index (χ1v) is 9.64. The largest absolute Gasteiger partial charge is 0.444 e. The van der Waals surface area contributed by atoms with Crippen LogP contribution in [0.15, 0.2) is 34.8 Å². The topological polar surface area (TPSA) is 53.3 Å². The Morgan fingerprint density at radius 2 is 2.08 bits per heavy atom. The molecule has 0 N–H and O–H groups in total. The Labute approximate surface area is 160 Å². The summed E-state index contributed by atoms with van der Waals surface area (Å²) in [4.78, 5) is 16.0. The quantitative estimate of drug-likeness (QED) is 0.633. The van der Waals surface area contributed by atoms with Crippen LogP contribution in [0.2, 0.25) is 0 Å². The summed E-state index contributed by atoms with van der Waals surface area (Å²) in [6.45, 7) is 6.61. The van der Waals surface area contributed by atoms with Crippen molar-refractivity contribution >= 4 is 33.4 Å². The standard InChI is InChI=1S/C19H19BrN2O2S/c1-19(2,3)24-18(23)22-10-15(13-6-4-5-7-16(13)20)14-8-12(9-21)25-17(14)11-22/h4-8,15H,10-11H2,1-3H3/t15-/m0/s1. The van der Waals surface area contributed by atoms with E-state index in [0.29, 0.717) is 18.0 Å². The van der Waals surface area contributed by atoms with Crippen LogP contribution in [0, 0.1) is 11.3 Å². The molecule has 6 heteroatoms. The zero-order valence-corrected chi connectivity index (χ0v) is 16.8. The molecule has 0 spiro atoms. The molecule has 2 heterocycles. The molecule has 0 bridgehead atoms. The fraction of sp³-hybridized carbons (Fsp3) is 0.368. The first-order valence-electron chi connectivity index (χ1n) is 8.03. The van der Waals surface area contributed by atoms with Crippen LogP contribution in [-0.4, -0.2) is 23.1 Å². The van der Waals surface area contributed by atoms with Gasteiger partial charge in [-0.25, -0.2) is 4.79 Å². The van der Waals surface area contributed by atoms with Crippen LogP contribution < -0.4 is 0 Å². The zero-order valence-electron chi connectivity index (χ0n) is 14.4. The van der Waals surface area contributed by atoms with Gasteiger partial charge in [0.1, 0.15) is 16.5 Å². The average Bonchev–Trinajstić information content (AvgIpc) is 2.96. The Morgan fingerprint density at radius 3 is 2.72 bits per heavy atom. The second kappa shape index (κ2) is 6.81. The van der Waals surface area contributed by atoms with E-state index in [0.717, 1.165) is 20.5 Å². The summed E-state index contributed by atoms with van der Waals surface area (Å²) in [5.41, 5.74) is 1.71. The molecule has 0 saturated heterocycles. The maximum absolute atomic E-state index is 12.6. The number of carbonyl (C=O) groups is 1. The number of amides is 1. The predicted octanol–water partition coefficient (Wildman–Crippen LogP) is 5.26. The number of halogens is 1. The number of hydrogen-bond acceptors (Lipinski definition) is 4. The number of benzene rings is 1. The molecule has 0 aliphatic carbocycles. The van der Waals surface area contributed by atoms with E-state index in [-0.39, 0.29) is 12.0 Å². The lowest BCUT2D eigenvalue weighted by Gasteiger charge is -2.34. The van der Waals surface area contributed by atoms with Crippen LogP contribution in [-0.2, 0) is 11.3 Å². The molecule has 1 atom stereocenters. The summed E-state index contributed by atoms with van der Waals surface area (Å²) < 4.78 is 6.56. The first-order chi connectivity index (χ1) is 11.8. The molecule has 0 radical (unpaired) electrons. The van der Waals surface area contributed by atoms with E-state index in [9.17, 15) is 10.1 Å². The predicted molar refractivity (Wildman–Crippen MR) is 102 cm³/mol. The van der Waals surface area contributed by atoms with Crippen LogP contribution in [0.4, 0.5) is 4.79 Å². The van der Waals surface area contributed by atoms with Gasteiger partial charge in [0.15, 0.2) is 0 Å². The van der Waals surface area contributed by atoms with Gasteiger partial charge in [0, 0.05) is 21.8 Å². The zero-order chi connectivity index (χ0) is 18.2. The number of rotatable bonds is 1. The smallest absolute Gasteiger partial charge is 0.410 e. The van der Waals surface area contributed by atoms with Gasteiger partial charge in [0.25, 0.3) is 0 Å². The second-order valence-electron chi connectivity index (χ2n) is 7.04. The van der Waals surface area contributed by atoms with Crippen molar-refractivity contribution < 1.29 is 9.53 Å². The molecule has 3 rings (SSSR count). The summed E-state index contributed by atoms with van der Waals surface area (Å²) >= 11 is 5.07. The Hall–Kier alpha value is -1.84. The van der Waals surface area contributed by atoms with Crippen molar-refractivity contribution in [3.8, 4) is 6.07 Å². The van der Waals surface area contributed by atoms with Crippen molar-refractivity contribution in [3.63, 3.8) is 0 Å². The Bertz CT molecular complexity index is 848. The van der Waals surface area contributed by atoms with Crippen LogP contribution in [0.25, 0.3) is 0 Å². The number of carbonyl (C=O) groups excluding carboxylic acids is 1. The molecule has 0 fully saturated rings.